The van der Waals surface area contributed by atoms with Crippen LogP contribution >= 0.6 is 11.3 Å². The second-order valence-corrected chi connectivity index (χ2v) is 5.76. The van der Waals surface area contributed by atoms with Crippen molar-refractivity contribution >= 4 is 28.0 Å². The van der Waals surface area contributed by atoms with Crippen molar-refractivity contribution in [3.05, 3.63) is 10.4 Å². The normalized spacial score (nSPS) is 15.5. The Morgan fingerprint density at radius 3 is 2.60 bits per heavy atom. The Hall–Kier alpha value is -1.74. The number of thiophene rings is 1. The summed E-state index contributed by atoms with van der Waals surface area (Å²) in [4.78, 5) is 14.4. The van der Waals surface area contributed by atoms with Gasteiger partial charge in [-0.15, -0.1) is 11.3 Å². The van der Waals surface area contributed by atoms with E-state index < -0.39 is 5.97 Å². The van der Waals surface area contributed by atoms with Crippen LogP contribution in [0.15, 0.2) is 0 Å². The minimum atomic E-state index is -0.437. The third-order valence-electron chi connectivity index (χ3n) is 3.39. The zero-order valence-corrected chi connectivity index (χ0v) is 12.5. The molecule has 0 bridgehead atoms. The van der Waals surface area contributed by atoms with Crippen molar-refractivity contribution in [1.82, 2.24) is 0 Å². The second kappa shape index (κ2) is 6.62. The number of nitrogen functional groups attached to an aromatic ring is 1. The Balaban J connectivity index is 2.35. The van der Waals surface area contributed by atoms with E-state index >= 15 is 0 Å². The van der Waals surface area contributed by atoms with Crippen molar-refractivity contribution in [2.75, 3.05) is 30.3 Å². The predicted molar refractivity (Wildman–Crippen MR) is 80.1 cm³/mol. The van der Waals surface area contributed by atoms with Gasteiger partial charge in [-0.1, -0.05) is 12.8 Å². The van der Waals surface area contributed by atoms with Gasteiger partial charge in [0.15, 0.2) is 0 Å². The molecule has 1 aromatic heterocycles. The fourth-order valence-electron chi connectivity index (χ4n) is 2.38. The highest BCUT2D eigenvalue weighted by Gasteiger charge is 2.25. The molecular weight excluding hydrogens is 274 g/mol. The SMILES string of the molecule is CCOC(=O)c1sc(N2CCCCCC2)c(C#N)c1N. The number of hydrogen-bond acceptors (Lipinski definition) is 6. The highest BCUT2D eigenvalue weighted by atomic mass is 32.1. The smallest absolute Gasteiger partial charge is 0.350 e. The van der Waals surface area contributed by atoms with Gasteiger partial charge in [0, 0.05) is 13.1 Å². The summed E-state index contributed by atoms with van der Waals surface area (Å²) in [6.45, 7) is 3.88. The number of anilines is 2. The third kappa shape index (κ3) is 2.88. The summed E-state index contributed by atoms with van der Waals surface area (Å²) < 4.78 is 5.00. The van der Waals surface area contributed by atoms with E-state index in [9.17, 15) is 10.1 Å². The second-order valence-electron chi connectivity index (χ2n) is 4.76. The van der Waals surface area contributed by atoms with Gasteiger partial charge in [0.1, 0.15) is 21.5 Å². The van der Waals surface area contributed by atoms with Gasteiger partial charge in [0.05, 0.1) is 12.3 Å². The van der Waals surface area contributed by atoms with Gasteiger partial charge in [0.2, 0.25) is 0 Å². The van der Waals surface area contributed by atoms with Gasteiger partial charge in [0.25, 0.3) is 0 Å². The lowest BCUT2D eigenvalue weighted by Crippen LogP contribution is -2.23. The summed E-state index contributed by atoms with van der Waals surface area (Å²) in [5.41, 5.74) is 6.63. The molecule has 2 rings (SSSR count). The molecule has 0 spiro atoms. The predicted octanol–water partition coefficient (Wildman–Crippen LogP) is 2.76. The number of esters is 1. The molecule has 1 aromatic rings. The summed E-state index contributed by atoms with van der Waals surface area (Å²) in [6.07, 6.45) is 4.64. The van der Waals surface area contributed by atoms with Crippen molar-refractivity contribution in [3.8, 4) is 6.07 Å². The molecular formula is C14H19N3O2S. The van der Waals surface area contributed by atoms with Gasteiger partial charge in [-0.3, -0.25) is 0 Å². The molecule has 0 unspecified atom stereocenters. The monoisotopic (exact) mass is 293 g/mol. The van der Waals surface area contributed by atoms with Gasteiger partial charge in [-0.05, 0) is 19.8 Å². The molecule has 0 atom stereocenters. The number of nitrogens with zero attached hydrogens (tertiary/aromatic N) is 2. The van der Waals surface area contributed by atoms with Crippen LogP contribution in [-0.4, -0.2) is 25.7 Å². The van der Waals surface area contributed by atoms with Crippen LogP contribution in [-0.2, 0) is 4.74 Å². The van der Waals surface area contributed by atoms with E-state index in [0.717, 1.165) is 30.9 Å². The molecule has 2 N–H and O–H groups in total. The van der Waals surface area contributed by atoms with E-state index in [-0.39, 0.29) is 5.69 Å². The molecule has 1 aliphatic rings. The van der Waals surface area contributed by atoms with Crippen molar-refractivity contribution < 1.29 is 9.53 Å². The minimum Gasteiger partial charge on any atom is -0.462 e. The molecule has 108 valence electrons. The number of carbonyl (C=O) groups is 1. The lowest BCUT2D eigenvalue weighted by molar-refractivity contribution is 0.0533. The first-order chi connectivity index (χ1) is 9.69. The van der Waals surface area contributed by atoms with Gasteiger partial charge >= 0.3 is 5.97 Å². The maximum absolute atomic E-state index is 11.9. The van der Waals surface area contributed by atoms with Crippen molar-refractivity contribution in [2.45, 2.75) is 32.6 Å². The average molecular weight is 293 g/mol. The van der Waals surface area contributed by atoms with E-state index in [4.69, 9.17) is 10.5 Å². The quantitative estimate of drug-likeness (QED) is 0.867. The van der Waals surface area contributed by atoms with E-state index in [1.807, 2.05) is 0 Å². The summed E-state index contributed by atoms with van der Waals surface area (Å²) in [6, 6.07) is 2.13. The topological polar surface area (TPSA) is 79.3 Å². The highest BCUT2D eigenvalue weighted by molar-refractivity contribution is 7.18. The molecule has 0 saturated carbocycles. The Bertz CT molecular complexity index is 525. The molecule has 6 heteroatoms. The van der Waals surface area contributed by atoms with Gasteiger partial charge in [-0.2, -0.15) is 5.26 Å². The number of carbonyl (C=O) groups excluding carboxylic acids is 1. The summed E-state index contributed by atoms with van der Waals surface area (Å²) >= 11 is 1.28. The van der Waals surface area contributed by atoms with Crippen LogP contribution in [0.2, 0.25) is 0 Å². The van der Waals surface area contributed by atoms with Crippen molar-refractivity contribution in [3.63, 3.8) is 0 Å². The van der Waals surface area contributed by atoms with E-state index in [1.54, 1.807) is 6.92 Å². The third-order valence-corrected chi connectivity index (χ3v) is 4.64. The van der Waals surface area contributed by atoms with Gasteiger partial charge in [-0.25, -0.2) is 4.79 Å². The van der Waals surface area contributed by atoms with Crippen molar-refractivity contribution in [1.29, 1.82) is 5.26 Å². The first kappa shape index (κ1) is 14.7. The molecule has 1 saturated heterocycles. The number of hydrogen-bond donors (Lipinski definition) is 1. The molecule has 0 amide bonds. The molecule has 5 nitrogen and oxygen atoms in total. The molecule has 1 aliphatic heterocycles. The first-order valence-corrected chi connectivity index (χ1v) is 7.75. The standard InChI is InChI=1S/C14H19N3O2S/c1-2-19-14(18)12-11(16)10(9-15)13(20-12)17-7-5-3-4-6-8-17/h2-8,16H2,1H3. The summed E-state index contributed by atoms with van der Waals surface area (Å²) in [5, 5.41) is 10.1. The van der Waals surface area contributed by atoms with Crippen LogP contribution in [0.1, 0.15) is 47.8 Å². The zero-order chi connectivity index (χ0) is 14.5. The largest absolute Gasteiger partial charge is 0.462 e. The number of nitriles is 1. The van der Waals surface area contributed by atoms with E-state index in [0.29, 0.717) is 17.0 Å². The zero-order valence-electron chi connectivity index (χ0n) is 11.6. The molecule has 0 radical (unpaired) electrons. The molecule has 0 aromatic carbocycles. The Morgan fingerprint density at radius 2 is 2.05 bits per heavy atom. The van der Waals surface area contributed by atoms with E-state index in [2.05, 4.69) is 11.0 Å². The average Bonchev–Trinajstić information content (AvgIpc) is 2.63. The van der Waals surface area contributed by atoms with Crippen LogP contribution in [0, 0.1) is 11.3 Å². The fourth-order valence-corrected chi connectivity index (χ4v) is 3.50. The van der Waals surface area contributed by atoms with Crippen molar-refractivity contribution in [2.24, 2.45) is 0 Å². The Labute approximate surface area is 122 Å². The van der Waals surface area contributed by atoms with Gasteiger partial charge < -0.3 is 15.4 Å². The fraction of sp³-hybridized carbons (Fsp3) is 0.571. The number of ether oxygens (including phenoxy) is 1. The van der Waals surface area contributed by atoms with E-state index in [1.165, 1.54) is 24.2 Å². The minimum absolute atomic E-state index is 0.259. The summed E-state index contributed by atoms with van der Waals surface area (Å²) in [7, 11) is 0. The molecule has 2 heterocycles. The molecule has 1 fully saturated rings. The van der Waals surface area contributed by atoms with Crippen LogP contribution < -0.4 is 10.6 Å². The van der Waals surface area contributed by atoms with Crippen LogP contribution in [0.4, 0.5) is 10.7 Å². The highest BCUT2D eigenvalue weighted by Crippen LogP contribution is 2.39. The molecule has 20 heavy (non-hydrogen) atoms. The summed E-state index contributed by atoms with van der Waals surface area (Å²) in [5.74, 6) is -0.437. The number of rotatable bonds is 3. The lowest BCUT2D eigenvalue weighted by atomic mass is 10.2. The maximum Gasteiger partial charge on any atom is 0.350 e. The first-order valence-electron chi connectivity index (χ1n) is 6.93. The van der Waals surface area contributed by atoms with Crippen LogP contribution in [0.3, 0.4) is 0 Å². The van der Waals surface area contributed by atoms with Crippen LogP contribution in [0.25, 0.3) is 0 Å². The maximum atomic E-state index is 11.9. The number of nitrogens with two attached hydrogens (primary N) is 1. The van der Waals surface area contributed by atoms with Crippen LogP contribution in [0.5, 0.6) is 0 Å². The Kier molecular flexibility index (Phi) is 4.85. The lowest BCUT2D eigenvalue weighted by Gasteiger charge is -2.20. The molecule has 0 aliphatic carbocycles. The Morgan fingerprint density at radius 1 is 1.40 bits per heavy atom.